The molecule has 2 rings (SSSR count). The first-order valence-corrected chi connectivity index (χ1v) is 12.1. The van der Waals surface area contributed by atoms with E-state index < -0.39 is 0 Å². The first-order chi connectivity index (χ1) is 15.5. The molecule has 0 unspecified atom stereocenters. The van der Waals surface area contributed by atoms with E-state index in [2.05, 4.69) is 99.9 Å². The van der Waals surface area contributed by atoms with Crippen molar-refractivity contribution >= 4 is 36.0 Å². The smallest absolute Gasteiger partial charge is 0.119 e. The molecule has 192 valence electrons. The van der Waals surface area contributed by atoms with Crippen molar-refractivity contribution in [2.24, 2.45) is 0 Å². The fourth-order valence-electron chi connectivity index (χ4n) is 3.70. The van der Waals surface area contributed by atoms with Gasteiger partial charge in [-0.3, -0.25) is 0 Å². The van der Waals surface area contributed by atoms with E-state index >= 15 is 0 Å². The number of allylic oxidation sites excluding steroid dienone is 2. The summed E-state index contributed by atoms with van der Waals surface area (Å²) in [5.41, 5.74) is 4.99. The number of hydrogen-bond donors (Lipinski definition) is 0. The second-order valence-electron chi connectivity index (χ2n) is 8.05. The molecule has 6 heteroatoms. The van der Waals surface area contributed by atoms with Gasteiger partial charge in [0.25, 0.3) is 0 Å². The monoisotopic (exact) mass is 510 g/mol. The molecule has 0 atom stereocenters. The highest BCUT2D eigenvalue weighted by molar-refractivity contribution is 5.89. The molecule has 0 N–H and O–H groups in total. The van der Waals surface area contributed by atoms with Crippen molar-refractivity contribution in [1.29, 1.82) is 0 Å². The van der Waals surface area contributed by atoms with Crippen LogP contribution in [0.2, 0.25) is 0 Å². The summed E-state index contributed by atoms with van der Waals surface area (Å²) in [5, 5.41) is 0. The van der Waals surface area contributed by atoms with Crippen molar-refractivity contribution in [2.75, 3.05) is 52.5 Å². The standard InChI is InChI=1S/C28H42N2O2.2ClH/c1-7-29(8-2)19-21-31-27-15-11-25(12-16-27)23(5)24(6)26-13-17-28(18-14-26)32-22-20-30(9-3)10-4;;/h11-18H,7-10,19-22H2,1-6H3;2*1H/b24-23+;;. The summed E-state index contributed by atoms with van der Waals surface area (Å²) in [6.07, 6.45) is 0. The predicted octanol–water partition coefficient (Wildman–Crippen LogP) is 6.92. The van der Waals surface area contributed by atoms with Crippen LogP contribution < -0.4 is 9.47 Å². The third-order valence-electron chi connectivity index (χ3n) is 6.28. The highest BCUT2D eigenvalue weighted by atomic mass is 35.5. The Bertz CT molecular complexity index is 746. The van der Waals surface area contributed by atoms with Gasteiger partial charge in [-0.15, -0.1) is 24.8 Å². The normalized spacial score (nSPS) is 11.5. The largest absolute Gasteiger partial charge is 0.492 e. The maximum Gasteiger partial charge on any atom is 0.119 e. The van der Waals surface area contributed by atoms with Crippen molar-refractivity contribution in [1.82, 2.24) is 9.80 Å². The molecule has 0 aliphatic rings. The molecule has 0 saturated carbocycles. The lowest BCUT2D eigenvalue weighted by atomic mass is 9.97. The quantitative estimate of drug-likeness (QED) is 0.257. The van der Waals surface area contributed by atoms with Crippen LogP contribution in [-0.2, 0) is 0 Å². The van der Waals surface area contributed by atoms with Gasteiger partial charge >= 0.3 is 0 Å². The number of nitrogens with zero attached hydrogens (tertiary/aromatic N) is 2. The Morgan fingerprint density at radius 1 is 0.559 bits per heavy atom. The van der Waals surface area contributed by atoms with E-state index in [1.165, 1.54) is 22.3 Å². The number of benzene rings is 2. The van der Waals surface area contributed by atoms with E-state index in [0.717, 1.165) is 64.0 Å². The third kappa shape index (κ3) is 10.3. The topological polar surface area (TPSA) is 24.9 Å². The van der Waals surface area contributed by atoms with Gasteiger partial charge in [-0.05, 0) is 86.6 Å². The van der Waals surface area contributed by atoms with E-state index in [0.29, 0.717) is 0 Å². The Morgan fingerprint density at radius 2 is 0.853 bits per heavy atom. The van der Waals surface area contributed by atoms with Crippen LogP contribution in [0.3, 0.4) is 0 Å². The van der Waals surface area contributed by atoms with Gasteiger partial charge in [-0.2, -0.15) is 0 Å². The van der Waals surface area contributed by atoms with Crippen molar-refractivity contribution < 1.29 is 9.47 Å². The molecule has 0 amide bonds. The lowest BCUT2D eigenvalue weighted by Crippen LogP contribution is -2.27. The molecule has 0 bridgehead atoms. The molecular weight excluding hydrogens is 467 g/mol. The molecule has 0 radical (unpaired) electrons. The summed E-state index contributed by atoms with van der Waals surface area (Å²) in [5.74, 6) is 1.86. The number of ether oxygens (including phenoxy) is 2. The Morgan fingerprint density at radius 3 is 1.12 bits per heavy atom. The molecule has 0 aliphatic carbocycles. The zero-order chi connectivity index (χ0) is 23.3. The van der Waals surface area contributed by atoms with Crippen molar-refractivity contribution in [3.05, 3.63) is 59.7 Å². The van der Waals surface area contributed by atoms with Gasteiger partial charge in [0.15, 0.2) is 0 Å². The van der Waals surface area contributed by atoms with Crippen molar-refractivity contribution in [3.63, 3.8) is 0 Å². The summed E-state index contributed by atoms with van der Waals surface area (Å²) >= 11 is 0. The molecule has 0 heterocycles. The first kappa shape index (κ1) is 32.3. The van der Waals surface area contributed by atoms with Crippen LogP contribution in [0.4, 0.5) is 0 Å². The molecule has 0 aliphatic heterocycles. The molecule has 0 fully saturated rings. The van der Waals surface area contributed by atoms with Crippen LogP contribution in [0, 0.1) is 0 Å². The van der Waals surface area contributed by atoms with Gasteiger partial charge < -0.3 is 19.3 Å². The lowest BCUT2D eigenvalue weighted by molar-refractivity contribution is 0.223. The van der Waals surface area contributed by atoms with Gasteiger partial charge in [-0.1, -0.05) is 52.0 Å². The van der Waals surface area contributed by atoms with Crippen LogP contribution in [0.15, 0.2) is 48.5 Å². The lowest BCUT2D eigenvalue weighted by Gasteiger charge is -2.18. The third-order valence-corrected chi connectivity index (χ3v) is 6.28. The van der Waals surface area contributed by atoms with Crippen molar-refractivity contribution in [2.45, 2.75) is 41.5 Å². The number of halogens is 2. The van der Waals surface area contributed by atoms with Crippen molar-refractivity contribution in [3.8, 4) is 11.5 Å². The molecule has 4 nitrogen and oxygen atoms in total. The Hall–Kier alpha value is -1.72. The highest BCUT2D eigenvalue weighted by Gasteiger charge is 2.06. The van der Waals surface area contributed by atoms with Crippen LogP contribution >= 0.6 is 24.8 Å². The van der Waals surface area contributed by atoms with E-state index in [9.17, 15) is 0 Å². The van der Waals surface area contributed by atoms with Gasteiger partial charge in [-0.25, -0.2) is 0 Å². The fraction of sp³-hybridized carbons (Fsp3) is 0.500. The average Bonchev–Trinajstić information content (AvgIpc) is 2.84. The second-order valence-corrected chi connectivity index (χ2v) is 8.05. The van der Waals surface area contributed by atoms with Gasteiger partial charge in [0.1, 0.15) is 24.7 Å². The summed E-state index contributed by atoms with van der Waals surface area (Å²) < 4.78 is 11.8. The minimum atomic E-state index is 0. The zero-order valence-corrected chi connectivity index (χ0v) is 23.4. The minimum absolute atomic E-state index is 0. The molecular formula is C28H44Cl2N2O2. The predicted molar refractivity (Wildman–Crippen MR) is 152 cm³/mol. The summed E-state index contributed by atoms with van der Waals surface area (Å²) in [6, 6.07) is 16.9. The van der Waals surface area contributed by atoms with Gasteiger partial charge in [0, 0.05) is 13.1 Å². The highest BCUT2D eigenvalue weighted by Crippen LogP contribution is 2.28. The van der Waals surface area contributed by atoms with E-state index in [4.69, 9.17) is 9.47 Å². The van der Waals surface area contributed by atoms with E-state index in [1.54, 1.807) is 0 Å². The van der Waals surface area contributed by atoms with Crippen LogP contribution in [0.5, 0.6) is 11.5 Å². The Kier molecular flexibility index (Phi) is 16.8. The fourth-order valence-corrected chi connectivity index (χ4v) is 3.70. The van der Waals surface area contributed by atoms with Gasteiger partial charge in [0.05, 0.1) is 0 Å². The van der Waals surface area contributed by atoms with Crippen LogP contribution in [0.25, 0.3) is 11.1 Å². The number of rotatable bonds is 14. The number of likely N-dealkylation sites (N-methyl/N-ethyl adjacent to an activating group) is 2. The molecule has 34 heavy (non-hydrogen) atoms. The second kappa shape index (κ2) is 17.7. The van der Waals surface area contributed by atoms with Gasteiger partial charge in [0.2, 0.25) is 0 Å². The Labute approximate surface area is 220 Å². The molecule has 0 saturated heterocycles. The maximum absolute atomic E-state index is 5.92. The zero-order valence-electron chi connectivity index (χ0n) is 21.8. The summed E-state index contributed by atoms with van der Waals surface area (Å²) in [4.78, 5) is 4.73. The molecule has 0 aromatic heterocycles. The summed E-state index contributed by atoms with van der Waals surface area (Å²) in [7, 11) is 0. The van der Waals surface area contributed by atoms with Crippen LogP contribution in [-0.4, -0.2) is 62.3 Å². The molecule has 2 aromatic carbocycles. The number of hydrogen-bond acceptors (Lipinski definition) is 4. The molecule has 0 spiro atoms. The summed E-state index contributed by atoms with van der Waals surface area (Å²) in [6.45, 7) is 20.7. The minimum Gasteiger partial charge on any atom is -0.492 e. The SMILES string of the molecule is CCN(CC)CCOc1ccc(/C(C)=C(\C)c2ccc(OCCN(CC)CC)cc2)cc1.Cl.Cl. The van der Waals surface area contributed by atoms with Crippen LogP contribution in [0.1, 0.15) is 52.7 Å². The maximum atomic E-state index is 5.92. The average molecular weight is 512 g/mol. The van der Waals surface area contributed by atoms with E-state index in [1.807, 2.05) is 0 Å². The van der Waals surface area contributed by atoms with E-state index in [-0.39, 0.29) is 24.8 Å². The Balaban J connectivity index is 0.00000544. The first-order valence-electron chi connectivity index (χ1n) is 12.1. The molecule has 2 aromatic rings.